The fourth-order valence-electron chi connectivity index (χ4n) is 4.93. The molecule has 2 saturated heterocycles. The summed E-state index contributed by atoms with van der Waals surface area (Å²) in [4.78, 5) is 24.5. The number of fused-ring (bicyclic) bond motifs is 1. The fourth-order valence-corrected chi connectivity index (χ4v) is 6.03. The largest absolute Gasteiger partial charge is 0.494 e. The number of piperazine rings is 1. The molecule has 34 heavy (non-hydrogen) atoms. The molecule has 8 heteroatoms. The van der Waals surface area contributed by atoms with Gasteiger partial charge in [0.2, 0.25) is 5.91 Å². The molecule has 0 N–H and O–H groups in total. The van der Waals surface area contributed by atoms with Crippen molar-refractivity contribution in [1.29, 1.82) is 0 Å². The van der Waals surface area contributed by atoms with Crippen LogP contribution in [0.2, 0.25) is 0 Å². The highest BCUT2D eigenvalue weighted by Gasteiger charge is 2.28. The third kappa shape index (κ3) is 5.24. The summed E-state index contributed by atoms with van der Waals surface area (Å²) in [5, 5.41) is 1.15. The maximum atomic E-state index is 14.0. The van der Waals surface area contributed by atoms with Gasteiger partial charge in [0, 0.05) is 51.7 Å². The Morgan fingerprint density at radius 3 is 2.68 bits per heavy atom. The van der Waals surface area contributed by atoms with E-state index in [0.29, 0.717) is 19.0 Å². The molecule has 0 unspecified atom stereocenters. The Bertz CT molecular complexity index is 1110. The zero-order valence-electron chi connectivity index (χ0n) is 19.6. The third-order valence-corrected chi connectivity index (χ3v) is 8.08. The second-order valence-electron chi connectivity index (χ2n) is 9.22. The number of hydrogen-bond donors (Lipinski definition) is 0. The van der Waals surface area contributed by atoms with Crippen LogP contribution < -0.4 is 4.74 Å². The van der Waals surface area contributed by atoms with Crippen molar-refractivity contribution in [3.8, 4) is 5.75 Å². The van der Waals surface area contributed by atoms with Crippen molar-refractivity contribution in [1.82, 2.24) is 19.7 Å². The molecule has 0 aliphatic carbocycles. The smallest absolute Gasteiger partial charge is 0.236 e. The quantitative estimate of drug-likeness (QED) is 0.532. The van der Waals surface area contributed by atoms with Crippen molar-refractivity contribution in [2.75, 3.05) is 52.9 Å². The number of likely N-dealkylation sites (tertiary alicyclic amines) is 1. The van der Waals surface area contributed by atoms with Gasteiger partial charge in [-0.2, -0.15) is 0 Å². The number of amides is 1. The second-order valence-corrected chi connectivity index (χ2v) is 10.3. The molecular formula is C26H31FN4O2S. The van der Waals surface area contributed by atoms with Crippen LogP contribution in [0.5, 0.6) is 5.75 Å². The highest BCUT2D eigenvalue weighted by Crippen LogP contribution is 2.33. The number of thiazole rings is 1. The van der Waals surface area contributed by atoms with E-state index in [0.717, 1.165) is 68.2 Å². The normalized spacial score (nSPS) is 20.1. The number of nitrogens with zero attached hydrogens (tertiary/aromatic N) is 4. The van der Waals surface area contributed by atoms with Gasteiger partial charge in [-0.15, -0.1) is 11.3 Å². The van der Waals surface area contributed by atoms with Gasteiger partial charge in [-0.3, -0.25) is 14.6 Å². The van der Waals surface area contributed by atoms with Crippen LogP contribution in [0.25, 0.3) is 10.2 Å². The molecule has 0 bridgehead atoms. The molecule has 2 fully saturated rings. The number of piperidine rings is 1. The lowest BCUT2D eigenvalue weighted by Gasteiger charge is -2.37. The first kappa shape index (κ1) is 23.2. The summed E-state index contributed by atoms with van der Waals surface area (Å²) in [5.74, 6) is 0.499. The number of rotatable bonds is 6. The van der Waals surface area contributed by atoms with E-state index in [4.69, 9.17) is 9.72 Å². The maximum absolute atomic E-state index is 14.0. The van der Waals surface area contributed by atoms with Crippen LogP contribution in [-0.2, 0) is 11.3 Å². The second kappa shape index (κ2) is 10.4. The lowest BCUT2D eigenvalue weighted by Crippen LogP contribution is -2.50. The lowest BCUT2D eigenvalue weighted by atomic mass is 9.98. The van der Waals surface area contributed by atoms with Gasteiger partial charge >= 0.3 is 0 Å². The van der Waals surface area contributed by atoms with Crippen LogP contribution in [0.1, 0.15) is 29.3 Å². The molecule has 2 aromatic carbocycles. The average molecular weight is 483 g/mol. The van der Waals surface area contributed by atoms with Crippen molar-refractivity contribution in [2.24, 2.45) is 0 Å². The topological polar surface area (TPSA) is 48.9 Å². The summed E-state index contributed by atoms with van der Waals surface area (Å²) in [5.41, 5.74) is 2.00. The molecule has 6 nitrogen and oxygen atoms in total. The van der Waals surface area contributed by atoms with Crippen LogP contribution in [0.3, 0.4) is 0 Å². The first-order chi connectivity index (χ1) is 16.6. The number of halogens is 1. The van der Waals surface area contributed by atoms with Gasteiger partial charge in [-0.25, -0.2) is 9.37 Å². The predicted octanol–water partition coefficient (Wildman–Crippen LogP) is 3.97. The molecule has 2 aliphatic heterocycles. The molecule has 3 aromatic rings. The summed E-state index contributed by atoms with van der Waals surface area (Å²) < 4.78 is 20.2. The van der Waals surface area contributed by atoms with Gasteiger partial charge < -0.3 is 9.64 Å². The molecule has 0 saturated carbocycles. The summed E-state index contributed by atoms with van der Waals surface area (Å²) in [6, 6.07) is 13.4. The standard InChI is InChI=1S/C26H31FN4O2S/c1-33-23-9-8-19(15-21(23)27)16-29-11-13-30(14-12-29)18-25(32)31-10-4-5-20(17-31)26-28-22-6-2-3-7-24(22)34-26/h2-3,6-9,15,20H,4-5,10-14,16-18H2,1H3/t20-/m0/s1. The van der Waals surface area contributed by atoms with Crippen molar-refractivity contribution in [2.45, 2.75) is 25.3 Å². The summed E-state index contributed by atoms with van der Waals surface area (Å²) in [7, 11) is 1.48. The highest BCUT2D eigenvalue weighted by molar-refractivity contribution is 7.18. The highest BCUT2D eigenvalue weighted by atomic mass is 32.1. The maximum Gasteiger partial charge on any atom is 0.236 e. The molecule has 1 atom stereocenters. The molecule has 0 spiro atoms. The first-order valence-corrected chi connectivity index (χ1v) is 12.8. The molecule has 1 amide bonds. The lowest BCUT2D eigenvalue weighted by molar-refractivity contribution is -0.134. The van der Waals surface area contributed by atoms with Gasteiger partial charge in [0.25, 0.3) is 0 Å². The van der Waals surface area contributed by atoms with E-state index in [1.807, 2.05) is 17.0 Å². The number of benzene rings is 2. The molecule has 3 heterocycles. The number of aromatic nitrogens is 1. The van der Waals surface area contributed by atoms with Crippen molar-refractivity contribution >= 4 is 27.5 Å². The minimum Gasteiger partial charge on any atom is -0.494 e. The monoisotopic (exact) mass is 482 g/mol. The van der Waals surface area contributed by atoms with Crippen molar-refractivity contribution < 1.29 is 13.9 Å². The van der Waals surface area contributed by atoms with E-state index >= 15 is 0 Å². The number of methoxy groups -OCH3 is 1. The number of carbonyl (C=O) groups is 1. The van der Waals surface area contributed by atoms with E-state index in [2.05, 4.69) is 28.0 Å². The summed E-state index contributed by atoms with van der Waals surface area (Å²) in [6.07, 6.45) is 2.12. The summed E-state index contributed by atoms with van der Waals surface area (Å²) in [6.45, 7) is 6.21. The number of ether oxygens (including phenoxy) is 1. The molecular weight excluding hydrogens is 451 g/mol. The van der Waals surface area contributed by atoms with E-state index in [1.165, 1.54) is 11.8 Å². The fraction of sp³-hybridized carbons (Fsp3) is 0.462. The van der Waals surface area contributed by atoms with Crippen LogP contribution in [0.4, 0.5) is 4.39 Å². The number of carbonyl (C=O) groups excluding carboxylic acids is 1. The SMILES string of the molecule is COc1ccc(CN2CCN(CC(=O)N3CCC[C@H](c4nc5ccccc5s4)C3)CC2)cc1F. The first-order valence-electron chi connectivity index (χ1n) is 12.0. The van der Waals surface area contributed by atoms with Gasteiger partial charge in [-0.05, 0) is 42.7 Å². The minimum absolute atomic E-state index is 0.219. The van der Waals surface area contributed by atoms with Crippen molar-refractivity contribution in [3.05, 3.63) is 58.9 Å². The number of para-hydroxylation sites is 1. The van der Waals surface area contributed by atoms with E-state index < -0.39 is 0 Å². The van der Waals surface area contributed by atoms with E-state index in [-0.39, 0.29) is 17.5 Å². The van der Waals surface area contributed by atoms with Crippen LogP contribution >= 0.6 is 11.3 Å². The Hall–Kier alpha value is -2.55. The Morgan fingerprint density at radius 2 is 1.91 bits per heavy atom. The Morgan fingerprint density at radius 1 is 1.12 bits per heavy atom. The van der Waals surface area contributed by atoms with Crippen molar-refractivity contribution in [3.63, 3.8) is 0 Å². The Kier molecular flexibility index (Phi) is 7.08. The molecule has 2 aliphatic rings. The average Bonchev–Trinajstić information content (AvgIpc) is 3.30. The third-order valence-electron chi connectivity index (χ3n) is 6.88. The van der Waals surface area contributed by atoms with Crippen LogP contribution in [0.15, 0.2) is 42.5 Å². The summed E-state index contributed by atoms with van der Waals surface area (Å²) >= 11 is 1.76. The van der Waals surface area contributed by atoms with Crippen LogP contribution in [0, 0.1) is 5.82 Å². The Balaban J connectivity index is 1.11. The van der Waals surface area contributed by atoms with E-state index in [1.54, 1.807) is 23.5 Å². The number of hydrogen-bond acceptors (Lipinski definition) is 6. The van der Waals surface area contributed by atoms with Crippen LogP contribution in [-0.4, -0.2) is 78.5 Å². The van der Waals surface area contributed by atoms with Gasteiger partial charge in [-0.1, -0.05) is 18.2 Å². The molecule has 5 rings (SSSR count). The predicted molar refractivity (Wildman–Crippen MR) is 133 cm³/mol. The Labute approximate surface area is 203 Å². The molecule has 1 aromatic heterocycles. The molecule has 180 valence electrons. The molecule has 0 radical (unpaired) electrons. The minimum atomic E-state index is -0.324. The van der Waals surface area contributed by atoms with Gasteiger partial charge in [0.1, 0.15) is 0 Å². The zero-order valence-corrected chi connectivity index (χ0v) is 20.4. The van der Waals surface area contributed by atoms with E-state index in [9.17, 15) is 9.18 Å². The van der Waals surface area contributed by atoms with Gasteiger partial charge in [0.15, 0.2) is 11.6 Å². The van der Waals surface area contributed by atoms with Gasteiger partial charge in [0.05, 0.1) is 28.9 Å². The zero-order chi connectivity index (χ0) is 23.5.